The second-order valence-electron chi connectivity index (χ2n) is 8.80. The Labute approximate surface area is 157 Å². The lowest BCUT2D eigenvalue weighted by atomic mass is 9.75. The second-order valence-corrected chi connectivity index (χ2v) is 8.80. The van der Waals surface area contributed by atoms with Gasteiger partial charge in [-0.25, -0.2) is 0 Å². The van der Waals surface area contributed by atoms with Gasteiger partial charge in [0.05, 0.1) is 23.0 Å². The van der Waals surface area contributed by atoms with Crippen molar-refractivity contribution in [2.75, 3.05) is 6.54 Å². The van der Waals surface area contributed by atoms with Crippen LogP contribution in [0.2, 0.25) is 0 Å². The van der Waals surface area contributed by atoms with Crippen LogP contribution in [0.3, 0.4) is 0 Å². The molecule has 5 nitrogen and oxygen atoms in total. The number of aryl methyl sites for hydroxylation is 1. The number of aromatic nitrogens is 2. The average Bonchev–Trinajstić information content (AvgIpc) is 3.15. The topological polar surface area (TPSA) is 55.2 Å². The van der Waals surface area contributed by atoms with Gasteiger partial charge in [0.15, 0.2) is 5.78 Å². The van der Waals surface area contributed by atoms with E-state index in [9.17, 15) is 9.59 Å². The molecular weight excluding hydrogens is 326 g/mol. The lowest BCUT2D eigenvalue weighted by Crippen LogP contribution is -2.31. The number of unbranched alkanes of at least 4 members (excludes halogenated alkanes) is 3. The van der Waals surface area contributed by atoms with E-state index < -0.39 is 0 Å². The Kier molecular flexibility index (Phi) is 5.54. The predicted molar refractivity (Wildman–Crippen MR) is 102 cm³/mol. The van der Waals surface area contributed by atoms with Gasteiger partial charge in [0.2, 0.25) is 5.91 Å². The summed E-state index contributed by atoms with van der Waals surface area (Å²) in [5.41, 5.74) is 2.79. The van der Waals surface area contributed by atoms with E-state index in [-0.39, 0.29) is 23.1 Å². The molecule has 1 fully saturated rings. The molecule has 5 heteroatoms. The van der Waals surface area contributed by atoms with E-state index in [4.69, 9.17) is 5.10 Å². The highest BCUT2D eigenvalue weighted by molar-refractivity contribution is 6.00. The van der Waals surface area contributed by atoms with Crippen LogP contribution in [0, 0.1) is 5.41 Å². The normalized spacial score (nSPS) is 21.9. The SMILES string of the molecule is CCCCCCn1nc([C@H]2CCCN2C(C)=O)c2c1CC(C)(C)CC2=O. The van der Waals surface area contributed by atoms with Gasteiger partial charge in [-0.05, 0) is 31.1 Å². The lowest BCUT2D eigenvalue weighted by Gasteiger charge is -2.30. The number of Topliss-reactive ketones (excluding diaryl/α,β-unsaturated/α-hetero) is 1. The van der Waals surface area contributed by atoms with Crippen LogP contribution in [0.25, 0.3) is 0 Å². The summed E-state index contributed by atoms with van der Waals surface area (Å²) < 4.78 is 2.09. The zero-order valence-electron chi connectivity index (χ0n) is 16.8. The highest BCUT2D eigenvalue weighted by Gasteiger charge is 2.40. The van der Waals surface area contributed by atoms with Gasteiger partial charge in [-0.1, -0.05) is 40.0 Å². The van der Waals surface area contributed by atoms with Gasteiger partial charge in [-0.2, -0.15) is 5.10 Å². The van der Waals surface area contributed by atoms with Crippen molar-refractivity contribution in [1.29, 1.82) is 0 Å². The molecule has 0 N–H and O–H groups in total. The molecule has 2 heterocycles. The Morgan fingerprint density at radius 1 is 1.23 bits per heavy atom. The van der Waals surface area contributed by atoms with Crippen LogP contribution in [-0.2, 0) is 17.8 Å². The van der Waals surface area contributed by atoms with Crippen molar-refractivity contribution in [2.45, 2.75) is 91.6 Å². The van der Waals surface area contributed by atoms with E-state index in [1.165, 1.54) is 19.3 Å². The summed E-state index contributed by atoms with van der Waals surface area (Å²) in [6, 6.07) is -0.0247. The fourth-order valence-electron chi connectivity index (χ4n) is 4.57. The maximum absolute atomic E-state index is 13.0. The summed E-state index contributed by atoms with van der Waals surface area (Å²) in [4.78, 5) is 26.9. The van der Waals surface area contributed by atoms with Crippen LogP contribution in [0.15, 0.2) is 0 Å². The van der Waals surface area contributed by atoms with Crippen molar-refractivity contribution in [3.05, 3.63) is 17.0 Å². The highest BCUT2D eigenvalue weighted by atomic mass is 16.2. The monoisotopic (exact) mass is 359 g/mol. The molecule has 0 bridgehead atoms. The molecule has 1 amide bonds. The molecule has 1 aromatic heterocycles. The standard InChI is InChI=1S/C21H33N3O2/c1-5-6-7-8-12-24-17-13-21(3,4)14-18(26)19(17)20(22-24)16-10-9-11-23(16)15(2)25/h16H,5-14H2,1-4H3/t16-/m1/s1. The first-order chi connectivity index (χ1) is 12.3. The summed E-state index contributed by atoms with van der Waals surface area (Å²) in [5.74, 6) is 0.295. The minimum Gasteiger partial charge on any atom is -0.334 e. The maximum Gasteiger partial charge on any atom is 0.220 e. The van der Waals surface area contributed by atoms with Gasteiger partial charge in [0.1, 0.15) is 0 Å². The summed E-state index contributed by atoms with van der Waals surface area (Å²) in [6.45, 7) is 9.82. The number of fused-ring (bicyclic) bond motifs is 1. The Bertz CT molecular complexity index is 690. The fourth-order valence-corrected chi connectivity index (χ4v) is 4.57. The van der Waals surface area contributed by atoms with Gasteiger partial charge in [-0.3, -0.25) is 14.3 Å². The molecule has 0 spiro atoms. The third-order valence-electron chi connectivity index (χ3n) is 5.85. The zero-order chi connectivity index (χ0) is 18.9. The molecule has 2 aliphatic rings. The molecule has 0 radical (unpaired) electrons. The number of nitrogens with zero attached hydrogens (tertiary/aromatic N) is 3. The molecule has 144 valence electrons. The van der Waals surface area contributed by atoms with Gasteiger partial charge < -0.3 is 4.90 Å². The molecule has 1 aliphatic carbocycles. The summed E-state index contributed by atoms with van der Waals surface area (Å²) in [7, 11) is 0. The quantitative estimate of drug-likeness (QED) is 0.712. The molecule has 0 unspecified atom stereocenters. The zero-order valence-corrected chi connectivity index (χ0v) is 16.8. The minimum absolute atomic E-state index is 0.0154. The molecule has 26 heavy (non-hydrogen) atoms. The van der Waals surface area contributed by atoms with Crippen molar-refractivity contribution in [2.24, 2.45) is 5.41 Å². The van der Waals surface area contributed by atoms with Gasteiger partial charge in [0, 0.05) is 26.4 Å². The van der Waals surface area contributed by atoms with Crippen LogP contribution < -0.4 is 0 Å². The van der Waals surface area contributed by atoms with Crippen molar-refractivity contribution in [3.63, 3.8) is 0 Å². The minimum atomic E-state index is -0.0247. The van der Waals surface area contributed by atoms with E-state index in [0.717, 1.165) is 55.7 Å². The molecule has 1 saturated heterocycles. The van der Waals surface area contributed by atoms with E-state index >= 15 is 0 Å². The third kappa shape index (κ3) is 3.72. The first-order valence-electron chi connectivity index (χ1n) is 10.2. The molecule has 0 saturated carbocycles. The van der Waals surface area contributed by atoms with Crippen LogP contribution in [0.4, 0.5) is 0 Å². The van der Waals surface area contributed by atoms with Crippen LogP contribution >= 0.6 is 0 Å². The highest BCUT2D eigenvalue weighted by Crippen LogP contribution is 2.41. The molecule has 0 aromatic carbocycles. The van der Waals surface area contributed by atoms with Crippen molar-refractivity contribution < 1.29 is 9.59 Å². The Morgan fingerprint density at radius 2 is 2.00 bits per heavy atom. The molecular formula is C21H33N3O2. The third-order valence-corrected chi connectivity index (χ3v) is 5.85. The van der Waals surface area contributed by atoms with Gasteiger partial charge in [-0.15, -0.1) is 0 Å². The van der Waals surface area contributed by atoms with E-state index in [2.05, 4.69) is 25.5 Å². The second kappa shape index (κ2) is 7.53. The number of carbonyl (C=O) groups is 2. The molecule has 1 atom stereocenters. The molecule has 3 rings (SSSR count). The Hall–Kier alpha value is -1.65. The largest absolute Gasteiger partial charge is 0.334 e. The van der Waals surface area contributed by atoms with Crippen molar-refractivity contribution in [1.82, 2.24) is 14.7 Å². The number of hydrogen-bond donors (Lipinski definition) is 0. The Morgan fingerprint density at radius 3 is 2.69 bits per heavy atom. The number of hydrogen-bond acceptors (Lipinski definition) is 3. The maximum atomic E-state index is 13.0. The van der Waals surface area contributed by atoms with E-state index in [1.807, 2.05) is 4.90 Å². The number of likely N-dealkylation sites (tertiary alicyclic amines) is 1. The van der Waals surface area contributed by atoms with E-state index in [1.54, 1.807) is 6.92 Å². The van der Waals surface area contributed by atoms with Crippen molar-refractivity contribution in [3.8, 4) is 0 Å². The van der Waals surface area contributed by atoms with Crippen LogP contribution in [0.5, 0.6) is 0 Å². The number of rotatable bonds is 6. The average molecular weight is 360 g/mol. The van der Waals surface area contributed by atoms with Gasteiger partial charge in [0.25, 0.3) is 0 Å². The fraction of sp³-hybridized carbons (Fsp3) is 0.762. The molecule has 1 aliphatic heterocycles. The predicted octanol–water partition coefficient (Wildman–Crippen LogP) is 4.30. The van der Waals surface area contributed by atoms with Crippen LogP contribution in [0.1, 0.15) is 100 Å². The summed E-state index contributed by atoms with van der Waals surface area (Å²) in [6.07, 6.45) is 8.10. The Balaban J connectivity index is 1.96. The summed E-state index contributed by atoms with van der Waals surface area (Å²) >= 11 is 0. The first-order valence-corrected chi connectivity index (χ1v) is 10.2. The lowest BCUT2D eigenvalue weighted by molar-refractivity contribution is -0.129. The molecule has 1 aromatic rings. The van der Waals surface area contributed by atoms with E-state index in [0.29, 0.717) is 6.42 Å². The summed E-state index contributed by atoms with van der Waals surface area (Å²) in [5, 5.41) is 4.92. The smallest absolute Gasteiger partial charge is 0.220 e. The van der Waals surface area contributed by atoms with Crippen LogP contribution in [-0.4, -0.2) is 32.9 Å². The number of ketones is 1. The van der Waals surface area contributed by atoms with Gasteiger partial charge >= 0.3 is 0 Å². The number of amides is 1. The number of carbonyl (C=O) groups excluding carboxylic acids is 2. The first kappa shape index (κ1) is 19.1. The van der Waals surface area contributed by atoms with Crippen molar-refractivity contribution >= 4 is 11.7 Å².